The van der Waals surface area contributed by atoms with Gasteiger partial charge in [0.15, 0.2) is 6.61 Å². The molecule has 6 heteroatoms. The summed E-state index contributed by atoms with van der Waals surface area (Å²) in [7, 11) is 0. The fourth-order valence-electron chi connectivity index (χ4n) is 2.04. The lowest BCUT2D eigenvalue weighted by Gasteiger charge is -2.30. The molecule has 0 aliphatic carbocycles. The Morgan fingerprint density at radius 2 is 2.37 bits per heavy atom. The van der Waals surface area contributed by atoms with Gasteiger partial charge in [-0.25, -0.2) is 4.39 Å². The molecule has 2 N–H and O–H groups in total. The Morgan fingerprint density at radius 3 is 3.05 bits per heavy atom. The third-order valence-electron chi connectivity index (χ3n) is 3.06. The number of carbonyl (C=O) groups excluding carboxylic acids is 1. The van der Waals surface area contributed by atoms with Crippen molar-refractivity contribution >= 4 is 17.5 Å². The predicted octanol–water partition coefficient (Wildman–Crippen LogP) is 1.81. The van der Waals surface area contributed by atoms with Crippen LogP contribution < -0.4 is 10.5 Å². The molecule has 0 bridgehead atoms. The van der Waals surface area contributed by atoms with Crippen molar-refractivity contribution in [2.24, 2.45) is 5.73 Å². The molecule has 4 nitrogen and oxygen atoms in total. The first-order chi connectivity index (χ1) is 9.06. The molecule has 1 fully saturated rings. The summed E-state index contributed by atoms with van der Waals surface area (Å²) in [6.45, 7) is 1.18. The van der Waals surface area contributed by atoms with E-state index in [-0.39, 0.29) is 23.6 Å². The first-order valence-corrected chi connectivity index (χ1v) is 6.55. The molecule has 1 aromatic rings. The summed E-state index contributed by atoms with van der Waals surface area (Å²) in [5.74, 6) is -0.251. The summed E-state index contributed by atoms with van der Waals surface area (Å²) in [5.41, 5.74) is 5.81. The zero-order chi connectivity index (χ0) is 13.8. The van der Waals surface area contributed by atoms with Crippen LogP contribution in [0.5, 0.6) is 5.75 Å². The van der Waals surface area contributed by atoms with Gasteiger partial charge in [-0.1, -0.05) is 11.6 Å². The highest BCUT2D eigenvalue weighted by Crippen LogP contribution is 2.21. The SMILES string of the molecule is N[C@@H]1CCCN(C(=O)COc2ccc(F)c(Cl)c2)C1. The average Bonchev–Trinajstić information content (AvgIpc) is 2.40. The van der Waals surface area contributed by atoms with E-state index in [1.54, 1.807) is 4.90 Å². The molecule has 0 unspecified atom stereocenters. The zero-order valence-electron chi connectivity index (χ0n) is 10.4. The number of amides is 1. The highest BCUT2D eigenvalue weighted by atomic mass is 35.5. The number of likely N-dealkylation sites (tertiary alicyclic amines) is 1. The van der Waals surface area contributed by atoms with E-state index in [4.69, 9.17) is 22.1 Å². The molecule has 1 amide bonds. The van der Waals surface area contributed by atoms with E-state index in [0.29, 0.717) is 18.8 Å². The number of halogens is 2. The first kappa shape index (κ1) is 14.1. The van der Waals surface area contributed by atoms with E-state index in [1.165, 1.54) is 18.2 Å². The van der Waals surface area contributed by atoms with Crippen molar-refractivity contribution in [3.63, 3.8) is 0 Å². The molecule has 0 aromatic heterocycles. The van der Waals surface area contributed by atoms with Crippen molar-refractivity contribution in [2.45, 2.75) is 18.9 Å². The van der Waals surface area contributed by atoms with E-state index >= 15 is 0 Å². The highest BCUT2D eigenvalue weighted by Gasteiger charge is 2.21. The lowest BCUT2D eigenvalue weighted by atomic mass is 10.1. The predicted molar refractivity (Wildman–Crippen MR) is 70.7 cm³/mol. The van der Waals surface area contributed by atoms with Gasteiger partial charge in [-0.15, -0.1) is 0 Å². The van der Waals surface area contributed by atoms with Gasteiger partial charge >= 0.3 is 0 Å². The number of rotatable bonds is 3. The molecule has 1 saturated heterocycles. The quantitative estimate of drug-likeness (QED) is 0.922. The Kier molecular flexibility index (Phi) is 4.61. The number of nitrogens with two attached hydrogens (primary N) is 1. The minimum Gasteiger partial charge on any atom is -0.484 e. The summed E-state index contributed by atoms with van der Waals surface area (Å²) in [6, 6.07) is 4.04. The number of ether oxygens (including phenoxy) is 1. The maximum atomic E-state index is 13.0. The van der Waals surface area contributed by atoms with Crippen molar-refractivity contribution < 1.29 is 13.9 Å². The molecular formula is C13H16ClFN2O2. The van der Waals surface area contributed by atoms with E-state index in [0.717, 1.165) is 12.8 Å². The molecular weight excluding hydrogens is 271 g/mol. The van der Waals surface area contributed by atoms with E-state index in [2.05, 4.69) is 0 Å². The second kappa shape index (κ2) is 6.21. The van der Waals surface area contributed by atoms with Gasteiger partial charge in [0.1, 0.15) is 11.6 Å². The molecule has 104 valence electrons. The lowest BCUT2D eigenvalue weighted by molar-refractivity contribution is -0.134. The summed E-state index contributed by atoms with van der Waals surface area (Å²) < 4.78 is 18.3. The van der Waals surface area contributed by atoms with E-state index < -0.39 is 5.82 Å². The van der Waals surface area contributed by atoms with Crippen molar-refractivity contribution in [1.29, 1.82) is 0 Å². The highest BCUT2D eigenvalue weighted by molar-refractivity contribution is 6.30. The van der Waals surface area contributed by atoms with Gasteiger partial charge in [0.05, 0.1) is 5.02 Å². The smallest absolute Gasteiger partial charge is 0.260 e. The molecule has 1 aliphatic heterocycles. The van der Waals surface area contributed by atoms with Gasteiger partial charge in [0.25, 0.3) is 5.91 Å². The van der Waals surface area contributed by atoms with Crippen LogP contribution in [-0.2, 0) is 4.79 Å². The van der Waals surface area contributed by atoms with E-state index in [1.807, 2.05) is 0 Å². The third-order valence-corrected chi connectivity index (χ3v) is 3.35. The monoisotopic (exact) mass is 286 g/mol. The Hall–Kier alpha value is -1.33. The zero-order valence-corrected chi connectivity index (χ0v) is 11.2. The molecule has 0 saturated carbocycles. The van der Waals surface area contributed by atoms with E-state index in [9.17, 15) is 9.18 Å². The van der Waals surface area contributed by atoms with Gasteiger partial charge < -0.3 is 15.4 Å². The van der Waals surface area contributed by atoms with Gasteiger partial charge in [-0.2, -0.15) is 0 Å². The molecule has 1 heterocycles. The standard InChI is InChI=1S/C13H16ClFN2O2/c14-11-6-10(3-4-12(11)15)19-8-13(18)17-5-1-2-9(16)7-17/h3-4,6,9H,1-2,5,7-8,16H2/t9-/m1/s1. The Morgan fingerprint density at radius 1 is 1.58 bits per heavy atom. The molecule has 0 spiro atoms. The van der Waals surface area contributed by atoms with Gasteiger partial charge in [-0.3, -0.25) is 4.79 Å². The molecule has 2 rings (SSSR count). The summed E-state index contributed by atoms with van der Waals surface area (Å²) in [6.07, 6.45) is 1.85. The fraction of sp³-hybridized carbons (Fsp3) is 0.462. The van der Waals surface area contributed by atoms with Crippen LogP contribution in [-0.4, -0.2) is 36.5 Å². The van der Waals surface area contributed by atoms with Gasteiger partial charge in [0, 0.05) is 25.2 Å². The van der Waals surface area contributed by atoms with Crippen LogP contribution in [0, 0.1) is 5.82 Å². The fourth-order valence-corrected chi connectivity index (χ4v) is 2.21. The minimum absolute atomic E-state index is 0.0232. The van der Waals surface area contributed by atoms with Crippen molar-refractivity contribution in [1.82, 2.24) is 4.90 Å². The van der Waals surface area contributed by atoms with Crippen LogP contribution in [0.15, 0.2) is 18.2 Å². The van der Waals surface area contributed by atoms with Crippen LogP contribution in [0.2, 0.25) is 5.02 Å². The summed E-state index contributed by atoms with van der Waals surface area (Å²) in [4.78, 5) is 13.6. The number of hydrogen-bond donors (Lipinski definition) is 1. The number of piperidine rings is 1. The second-order valence-corrected chi connectivity index (χ2v) is 5.01. The molecule has 0 radical (unpaired) electrons. The number of hydrogen-bond acceptors (Lipinski definition) is 3. The normalized spacial score (nSPS) is 19.3. The minimum atomic E-state index is -0.512. The third kappa shape index (κ3) is 3.81. The maximum absolute atomic E-state index is 13.0. The number of nitrogens with zero attached hydrogens (tertiary/aromatic N) is 1. The molecule has 1 aromatic carbocycles. The Balaban J connectivity index is 1.87. The van der Waals surface area contributed by atoms with Gasteiger partial charge in [-0.05, 0) is 25.0 Å². The van der Waals surface area contributed by atoms with Crippen LogP contribution in [0.3, 0.4) is 0 Å². The molecule has 19 heavy (non-hydrogen) atoms. The first-order valence-electron chi connectivity index (χ1n) is 6.17. The number of benzene rings is 1. The largest absolute Gasteiger partial charge is 0.484 e. The van der Waals surface area contributed by atoms with Crippen molar-refractivity contribution in [3.05, 3.63) is 29.0 Å². The number of carbonyl (C=O) groups is 1. The van der Waals surface area contributed by atoms with Crippen molar-refractivity contribution in [3.8, 4) is 5.75 Å². The second-order valence-electron chi connectivity index (χ2n) is 4.61. The van der Waals surface area contributed by atoms with Crippen LogP contribution in [0.4, 0.5) is 4.39 Å². The van der Waals surface area contributed by atoms with Crippen LogP contribution >= 0.6 is 11.6 Å². The summed E-state index contributed by atoms with van der Waals surface area (Å²) >= 11 is 5.63. The Labute approximate surface area is 116 Å². The molecule has 1 aliphatic rings. The maximum Gasteiger partial charge on any atom is 0.260 e. The lowest BCUT2D eigenvalue weighted by Crippen LogP contribution is -2.47. The van der Waals surface area contributed by atoms with Crippen molar-refractivity contribution in [2.75, 3.05) is 19.7 Å². The topological polar surface area (TPSA) is 55.6 Å². The van der Waals surface area contributed by atoms with Gasteiger partial charge in [0.2, 0.25) is 0 Å². The average molecular weight is 287 g/mol. The van der Waals surface area contributed by atoms with Crippen LogP contribution in [0.25, 0.3) is 0 Å². The molecule has 1 atom stereocenters. The Bertz CT molecular complexity index is 470. The summed E-state index contributed by atoms with van der Waals surface area (Å²) in [5, 5.41) is -0.0232. The van der Waals surface area contributed by atoms with Crippen LogP contribution in [0.1, 0.15) is 12.8 Å².